The van der Waals surface area contributed by atoms with Crippen molar-refractivity contribution < 1.29 is 17.2 Å². The van der Waals surface area contributed by atoms with Crippen molar-refractivity contribution in [2.45, 2.75) is 0 Å². The average Bonchev–Trinajstić information content (AvgIpc) is 2.82. The molecule has 0 heterocycles. The monoisotopic (exact) mass is 428 g/mol. The van der Waals surface area contributed by atoms with Gasteiger partial charge in [0.05, 0.1) is 5.82 Å². The van der Waals surface area contributed by atoms with Crippen molar-refractivity contribution in [2.75, 3.05) is 0 Å². The number of benzene rings is 4. The number of halogens is 1. The maximum Gasteiger partial charge on any atom is 0.189 e. The predicted octanol–water partition coefficient (Wildman–Crippen LogP) is 2.38. The van der Waals surface area contributed by atoms with Gasteiger partial charge in [-0.15, -0.1) is 0 Å². The molecule has 30 heavy (non-hydrogen) atoms. The fraction of sp³-hybridized carbons (Fsp3) is 0. The Morgan fingerprint density at radius 1 is 0.533 bits per heavy atom. The summed E-state index contributed by atoms with van der Waals surface area (Å²) >= 11 is 0. The van der Waals surface area contributed by atoms with Crippen LogP contribution in [0.4, 0.5) is 0 Å². The van der Waals surface area contributed by atoms with Crippen molar-refractivity contribution in [3.05, 3.63) is 139 Å². The van der Waals surface area contributed by atoms with Crippen LogP contribution in [-0.4, -0.2) is 5.78 Å². The second-order valence-corrected chi connectivity index (χ2v) is 10.1. The molecule has 0 aliphatic carbocycles. The van der Waals surface area contributed by atoms with Gasteiger partial charge in [0.1, 0.15) is 23.2 Å². The molecular formula is C27H22ClOP. The molecule has 0 saturated heterocycles. The average molecular weight is 429 g/mol. The van der Waals surface area contributed by atoms with Crippen LogP contribution in [0.1, 0.15) is 10.4 Å². The van der Waals surface area contributed by atoms with E-state index in [4.69, 9.17) is 0 Å². The largest absolute Gasteiger partial charge is 1.00 e. The van der Waals surface area contributed by atoms with Crippen LogP contribution in [0, 0.1) is 0 Å². The molecule has 0 saturated carbocycles. The number of allylic oxidation sites excluding steroid dienone is 1. The highest BCUT2D eigenvalue weighted by Crippen LogP contribution is 2.56. The molecule has 148 valence electrons. The maximum atomic E-state index is 12.9. The predicted molar refractivity (Wildman–Crippen MR) is 125 cm³/mol. The van der Waals surface area contributed by atoms with Crippen molar-refractivity contribution in [3.8, 4) is 0 Å². The minimum atomic E-state index is -2.13. The van der Waals surface area contributed by atoms with Gasteiger partial charge in [-0.25, -0.2) is 0 Å². The molecule has 0 aromatic heterocycles. The Hall–Kier alpha value is -2.99. The van der Waals surface area contributed by atoms with E-state index in [1.807, 2.05) is 48.5 Å². The third kappa shape index (κ3) is 4.44. The Morgan fingerprint density at radius 2 is 0.867 bits per heavy atom. The first-order chi connectivity index (χ1) is 14.3. The zero-order valence-electron chi connectivity index (χ0n) is 16.4. The van der Waals surface area contributed by atoms with E-state index in [9.17, 15) is 4.79 Å². The molecule has 0 radical (unpaired) electrons. The Balaban J connectivity index is 0.00000256. The van der Waals surface area contributed by atoms with Crippen LogP contribution < -0.4 is 28.3 Å². The van der Waals surface area contributed by atoms with E-state index in [0.717, 1.165) is 0 Å². The molecule has 4 aromatic carbocycles. The van der Waals surface area contributed by atoms with Gasteiger partial charge < -0.3 is 12.4 Å². The molecule has 0 unspecified atom stereocenters. The molecule has 0 aliphatic heterocycles. The van der Waals surface area contributed by atoms with Crippen LogP contribution in [0.3, 0.4) is 0 Å². The Labute approximate surface area is 184 Å². The highest BCUT2D eigenvalue weighted by Gasteiger charge is 2.43. The van der Waals surface area contributed by atoms with E-state index in [1.165, 1.54) is 15.9 Å². The first kappa shape index (κ1) is 21.7. The molecule has 0 fully saturated rings. The van der Waals surface area contributed by atoms with Crippen molar-refractivity contribution in [1.29, 1.82) is 0 Å². The summed E-state index contributed by atoms with van der Waals surface area (Å²) in [5.74, 6) is 2.18. The van der Waals surface area contributed by atoms with Crippen LogP contribution in [0.25, 0.3) is 0 Å². The van der Waals surface area contributed by atoms with Crippen LogP contribution in [0.5, 0.6) is 0 Å². The maximum absolute atomic E-state index is 12.9. The van der Waals surface area contributed by atoms with Crippen LogP contribution in [-0.2, 0) is 0 Å². The second-order valence-electron chi connectivity index (χ2n) is 6.78. The van der Waals surface area contributed by atoms with Gasteiger partial charge in [0.2, 0.25) is 0 Å². The summed E-state index contributed by atoms with van der Waals surface area (Å²) in [6.07, 6.45) is 1.76. The lowest BCUT2D eigenvalue weighted by Gasteiger charge is -2.24. The van der Waals surface area contributed by atoms with Gasteiger partial charge in [-0.05, 0) is 36.4 Å². The summed E-state index contributed by atoms with van der Waals surface area (Å²) in [6.45, 7) is 0. The second kappa shape index (κ2) is 10.2. The van der Waals surface area contributed by atoms with Crippen LogP contribution in [0.15, 0.2) is 133 Å². The normalized spacial score (nSPS) is 11.1. The smallest absolute Gasteiger partial charge is 0.189 e. The van der Waals surface area contributed by atoms with Gasteiger partial charge >= 0.3 is 0 Å². The van der Waals surface area contributed by atoms with E-state index in [-0.39, 0.29) is 18.2 Å². The molecular weight excluding hydrogens is 407 g/mol. The van der Waals surface area contributed by atoms with Crippen molar-refractivity contribution in [3.63, 3.8) is 0 Å². The minimum absolute atomic E-state index is 0. The lowest BCUT2D eigenvalue weighted by atomic mass is 10.1. The first-order valence-corrected chi connectivity index (χ1v) is 11.5. The SMILES string of the molecule is O=C(C=C[P+](c1ccccc1)(c1ccccc1)c1ccccc1)c1ccccc1.[Cl-]. The summed E-state index contributed by atoms with van der Waals surface area (Å²) in [5.41, 5.74) is 0.705. The molecule has 0 aliphatic rings. The quantitative estimate of drug-likeness (QED) is 0.262. The molecule has 1 nitrogen and oxygen atoms in total. The van der Waals surface area contributed by atoms with E-state index in [2.05, 4.69) is 78.6 Å². The van der Waals surface area contributed by atoms with E-state index < -0.39 is 7.26 Å². The van der Waals surface area contributed by atoms with Gasteiger partial charge in [0.25, 0.3) is 0 Å². The van der Waals surface area contributed by atoms with E-state index >= 15 is 0 Å². The number of carbonyl (C=O) groups is 1. The molecule has 0 atom stereocenters. The van der Waals surface area contributed by atoms with Gasteiger partial charge in [0, 0.05) is 11.6 Å². The summed E-state index contributed by atoms with van der Waals surface area (Å²) in [4.78, 5) is 12.9. The number of carbonyl (C=O) groups excluding carboxylic acids is 1. The lowest BCUT2D eigenvalue weighted by Crippen LogP contribution is -3.00. The first-order valence-electron chi connectivity index (χ1n) is 9.65. The summed E-state index contributed by atoms with van der Waals surface area (Å²) < 4.78 is 0. The molecule has 0 N–H and O–H groups in total. The zero-order valence-corrected chi connectivity index (χ0v) is 18.1. The summed E-state index contributed by atoms with van der Waals surface area (Å²) in [7, 11) is -2.13. The fourth-order valence-electron chi connectivity index (χ4n) is 3.57. The summed E-state index contributed by atoms with van der Waals surface area (Å²) in [6, 6.07) is 41.0. The van der Waals surface area contributed by atoms with Crippen LogP contribution in [0.2, 0.25) is 0 Å². The van der Waals surface area contributed by atoms with E-state index in [1.54, 1.807) is 6.08 Å². The number of rotatable bonds is 6. The van der Waals surface area contributed by atoms with Gasteiger partial charge in [-0.2, -0.15) is 0 Å². The van der Waals surface area contributed by atoms with E-state index in [0.29, 0.717) is 5.56 Å². The molecule has 3 heteroatoms. The van der Waals surface area contributed by atoms with Gasteiger partial charge in [-0.1, -0.05) is 84.9 Å². The standard InChI is InChI=1S/C27H22OP.ClH/c28-27(23-13-5-1-6-14-23)21-22-29(24-15-7-2-8-16-24,25-17-9-3-10-18-25)26-19-11-4-12-20-26;/h1-22H;1H/q+1;/p-1. The third-order valence-electron chi connectivity index (χ3n) is 5.00. The number of hydrogen-bond donors (Lipinski definition) is 0. The van der Waals surface area contributed by atoms with Gasteiger partial charge in [-0.3, -0.25) is 4.79 Å². The zero-order chi connectivity index (χ0) is 19.9. The Kier molecular flexibility index (Phi) is 7.36. The Morgan fingerprint density at radius 3 is 1.23 bits per heavy atom. The van der Waals surface area contributed by atoms with Crippen molar-refractivity contribution >= 4 is 29.0 Å². The molecule has 4 rings (SSSR count). The topological polar surface area (TPSA) is 17.1 Å². The highest BCUT2D eigenvalue weighted by atomic mass is 35.5. The fourth-order valence-corrected chi connectivity index (χ4v) is 7.27. The van der Waals surface area contributed by atoms with Crippen molar-refractivity contribution in [2.24, 2.45) is 0 Å². The highest BCUT2D eigenvalue weighted by molar-refractivity contribution is 7.98. The minimum Gasteiger partial charge on any atom is -1.00 e. The van der Waals surface area contributed by atoms with Crippen LogP contribution >= 0.6 is 7.26 Å². The molecule has 4 aromatic rings. The lowest BCUT2D eigenvalue weighted by molar-refractivity contribution is -0.0000129. The number of hydrogen-bond acceptors (Lipinski definition) is 1. The third-order valence-corrected chi connectivity index (χ3v) is 8.93. The van der Waals surface area contributed by atoms with Gasteiger partial charge in [0.15, 0.2) is 5.78 Å². The summed E-state index contributed by atoms with van der Waals surface area (Å²) in [5, 5.41) is 3.69. The number of ketones is 1. The molecule has 0 spiro atoms. The van der Waals surface area contributed by atoms with Crippen molar-refractivity contribution in [1.82, 2.24) is 0 Å². The molecule has 0 bridgehead atoms. The Bertz CT molecular complexity index is 998. The molecule has 0 amide bonds.